The summed E-state index contributed by atoms with van der Waals surface area (Å²) in [4.78, 5) is 0. The van der Waals surface area contributed by atoms with E-state index in [1.807, 2.05) is 13.8 Å². The van der Waals surface area contributed by atoms with Crippen LogP contribution in [0.2, 0.25) is 32.2 Å². The van der Waals surface area contributed by atoms with Gasteiger partial charge in [0.25, 0.3) is 0 Å². The van der Waals surface area contributed by atoms with Crippen LogP contribution in [0.25, 0.3) is 0 Å². The van der Waals surface area contributed by atoms with Crippen LogP contribution in [0.5, 0.6) is 0 Å². The van der Waals surface area contributed by atoms with Crippen LogP contribution in [-0.4, -0.2) is 26.7 Å². The fourth-order valence-corrected chi connectivity index (χ4v) is 9.83. The highest BCUT2D eigenvalue weighted by Crippen LogP contribution is 2.41. The predicted molar refractivity (Wildman–Crippen MR) is 66.0 cm³/mol. The molecule has 0 aromatic carbocycles. The number of hydrogen-bond donors (Lipinski definition) is 2. The van der Waals surface area contributed by atoms with Crippen molar-refractivity contribution in [3.8, 4) is 0 Å². The second-order valence-corrected chi connectivity index (χ2v) is 21.2. The van der Waals surface area contributed by atoms with Gasteiger partial charge in [-0.05, 0) is 33.0 Å². The molecule has 1 aliphatic rings. The summed E-state index contributed by atoms with van der Waals surface area (Å²) in [5, 5.41) is 0. The minimum absolute atomic E-state index is 0.384. The van der Waals surface area contributed by atoms with Crippen LogP contribution in [0, 0.1) is 0 Å². The molecule has 1 heterocycles. The first-order chi connectivity index (χ1) is 5.91. The number of rotatable bonds is 0. The quantitative estimate of drug-likeness (QED) is 0.490. The molecule has 0 spiro atoms. The van der Waals surface area contributed by atoms with Crippen molar-refractivity contribution >= 4 is 15.4 Å². The molecule has 84 valence electrons. The summed E-state index contributed by atoms with van der Waals surface area (Å²) in [5.41, 5.74) is 11.3. The molecule has 3 nitrogen and oxygen atoms in total. The van der Waals surface area contributed by atoms with E-state index in [1.165, 1.54) is 0 Å². The molecule has 0 radical (unpaired) electrons. The smallest absolute Gasteiger partial charge is 0.174 e. The first-order valence-electron chi connectivity index (χ1n) is 5.19. The fraction of sp³-hybridized carbons (Fsp3) is 1.00. The molecule has 14 heavy (non-hydrogen) atoms. The molecule has 0 amide bonds. The molecule has 4 N–H and O–H groups in total. The zero-order valence-corrected chi connectivity index (χ0v) is 12.3. The van der Waals surface area contributed by atoms with Gasteiger partial charge in [-0.15, -0.1) is 0 Å². The van der Waals surface area contributed by atoms with Gasteiger partial charge in [0.1, 0.15) is 0 Å². The zero-order valence-electron chi connectivity index (χ0n) is 10.3. The molecular weight excluding hydrogens is 208 g/mol. The van der Waals surface area contributed by atoms with Crippen LogP contribution in [0.15, 0.2) is 0 Å². The Morgan fingerprint density at radius 2 is 1.50 bits per heavy atom. The SMILES string of the molecule is CC1(C)O[Si](C)(C)[Si](C)(C)CC1(N)N. The topological polar surface area (TPSA) is 61.3 Å². The lowest BCUT2D eigenvalue weighted by atomic mass is 9.95. The summed E-state index contributed by atoms with van der Waals surface area (Å²) in [5.74, 6) is 0. The standard InChI is InChI=1S/C9H24N2OSi2/c1-8(2)9(10,11)7-13(3,4)14(5,6)12-8/h7,10-11H2,1-6H3. The second-order valence-electron chi connectivity index (χ2n) is 6.22. The fourth-order valence-electron chi connectivity index (χ4n) is 2.03. The van der Waals surface area contributed by atoms with Crippen molar-refractivity contribution in [2.24, 2.45) is 11.5 Å². The van der Waals surface area contributed by atoms with E-state index in [4.69, 9.17) is 15.9 Å². The Hall–Kier alpha value is 0.314. The van der Waals surface area contributed by atoms with Gasteiger partial charge in [-0.2, -0.15) is 0 Å². The lowest BCUT2D eigenvalue weighted by Crippen LogP contribution is -2.79. The van der Waals surface area contributed by atoms with Gasteiger partial charge in [-0.25, -0.2) is 0 Å². The van der Waals surface area contributed by atoms with Crippen LogP contribution >= 0.6 is 0 Å². The highest BCUT2D eigenvalue weighted by Gasteiger charge is 2.58. The van der Waals surface area contributed by atoms with Crippen molar-refractivity contribution in [1.82, 2.24) is 0 Å². The van der Waals surface area contributed by atoms with Crippen molar-refractivity contribution in [2.45, 2.75) is 57.3 Å². The van der Waals surface area contributed by atoms with Crippen LogP contribution in [0.1, 0.15) is 13.8 Å². The summed E-state index contributed by atoms with van der Waals surface area (Å²) in [6, 6.07) is 0.965. The Bertz CT molecular complexity index is 199. The normalized spacial score (nSPS) is 32.6. The third-order valence-corrected chi connectivity index (χ3v) is 20.4. The van der Waals surface area contributed by atoms with Gasteiger partial charge >= 0.3 is 0 Å². The Morgan fingerprint density at radius 1 is 1.07 bits per heavy atom. The van der Waals surface area contributed by atoms with Gasteiger partial charge in [0, 0.05) is 0 Å². The van der Waals surface area contributed by atoms with Gasteiger partial charge in [-0.3, -0.25) is 0 Å². The molecule has 0 aromatic rings. The Kier molecular flexibility index (Phi) is 2.58. The average molecular weight is 232 g/mol. The van der Waals surface area contributed by atoms with Crippen LogP contribution in [-0.2, 0) is 4.43 Å². The molecular formula is C9H24N2OSi2. The minimum Gasteiger partial charge on any atom is -0.412 e. The van der Waals surface area contributed by atoms with Gasteiger partial charge in [0.2, 0.25) is 0 Å². The van der Waals surface area contributed by atoms with E-state index in [1.54, 1.807) is 0 Å². The summed E-state index contributed by atoms with van der Waals surface area (Å²) >= 11 is 0. The summed E-state index contributed by atoms with van der Waals surface area (Å²) in [6.07, 6.45) is 0. The van der Waals surface area contributed by atoms with E-state index in [0.29, 0.717) is 0 Å². The third kappa shape index (κ3) is 1.72. The van der Waals surface area contributed by atoms with Crippen molar-refractivity contribution < 1.29 is 4.43 Å². The van der Waals surface area contributed by atoms with Crippen molar-refractivity contribution in [3.05, 3.63) is 0 Å². The lowest BCUT2D eigenvalue weighted by Gasteiger charge is -2.57. The summed E-state index contributed by atoms with van der Waals surface area (Å²) in [7, 11) is -2.94. The third-order valence-electron chi connectivity index (χ3n) is 4.00. The van der Waals surface area contributed by atoms with Crippen molar-refractivity contribution in [2.75, 3.05) is 0 Å². The molecule has 1 rings (SSSR count). The highest BCUT2D eigenvalue weighted by atomic mass is 29.3. The molecule has 0 aromatic heterocycles. The maximum atomic E-state index is 6.24. The molecule has 0 unspecified atom stereocenters. The van der Waals surface area contributed by atoms with Gasteiger partial charge < -0.3 is 15.9 Å². The Labute approximate surface area is 89.1 Å². The molecule has 0 aliphatic carbocycles. The van der Waals surface area contributed by atoms with E-state index in [2.05, 4.69) is 26.2 Å². The maximum absolute atomic E-state index is 6.24. The highest BCUT2D eigenvalue weighted by molar-refractivity contribution is 7.38. The number of hydrogen-bond acceptors (Lipinski definition) is 3. The van der Waals surface area contributed by atoms with E-state index in [9.17, 15) is 0 Å². The molecule has 1 fully saturated rings. The first-order valence-corrected chi connectivity index (χ1v) is 12.3. The van der Waals surface area contributed by atoms with Crippen LogP contribution in [0.4, 0.5) is 0 Å². The molecule has 1 aliphatic heterocycles. The van der Waals surface area contributed by atoms with E-state index < -0.39 is 21.1 Å². The molecule has 1 saturated heterocycles. The maximum Gasteiger partial charge on any atom is 0.174 e. The molecule has 0 saturated carbocycles. The Balaban J connectivity index is 3.07. The lowest BCUT2D eigenvalue weighted by molar-refractivity contribution is 0.0213. The van der Waals surface area contributed by atoms with Gasteiger partial charge in [0.05, 0.1) is 18.9 Å². The van der Waals surface area contributed by atoms with Crippen LogP contribution < -0.4 is 11.5 Å². The molecule has 0 atom stereocenters. The molecule has 0 bridgehead atoms. The van der Waals surface area contributed by atoms with Crippen molar-refractivity contribution in [3.63, 3.8) is 0 Å². The average Bonchev–Trinajstić information content (AvgIpc) is 1.78. The predicted octanol–water partition coefficient (Wildman–Crippen LogP) is 1.40. The first kappa shape index (κ1) is 12.4. The van der Waals surface area contributed by atoms with Crippen LogP contribution in [0.3, 0.4) is 0 Å². The largest absolute Gasteiger partial charge is 0.412 e. The van der Waals surface area contributed by atoms with Gasteiger partial charge in [-0.1, -0.05) is 13.1 Å². The zero-order chi connectivity index (χ0) is 11.4. The summed E-state index contributed by atoms with van der Waals surface area (Å²) < 4.78 is 6.24. The monoisotopic (exact) mass is 232 g/mol. The minimum atomic E-state index is -1.56. The van der Waals surface area contributed by atoms with Crippen molar-refractivity contribution in [1.29, 1.82) is 0 Å². The van der Waals surface area contributed by atoms with Gasteiger partial charge in [0.15, 0.2) is 7.83 Å². The molecule has 5 heteroatoms. The number of nitrogens with two attached hydrogens (primary N) is 2. The summed E-state index contributed by atoms with van der Waals surface area (Å²) in [6.45, 7) is 13.3. The van der Waals surface area contributed by atoms with E-state index in [0.717, 1.165) is 6.04 Å². The Morgan fingerprint density at radius 3 is 1.86 bits per heavy atom. The van der Waals surface area contributed by atoms with E-state index in [-0.39, 0.29) is 5.60 Å². The second kappa shape index (κ2) is 2.92. The van der Waals surface area contributed by atoms with E-state index >= 15 is 0 Å².